The molecule has 0 atom stereocenters. The first-order chi connectivity index (χ1) is 13.3. The van der Waals surface area contributed by atoms with Gasteiger partial charge in [0.2, 0.25) is 0 Å². The monoisotopic (exact) mass is 361 g/mol. The molecule has 0 unspecified atom stereocenters. The minimum absolute atomic E-state index is 0.336. The number of fused-ring (bicyclic) bond motifs is 1. The maximum atomic E-state index is 6.19. The first-order valence-electron chi connectivity index (χ1n) is 9.75. The van der Waals surface area contributed by atoms with E-state index in [4.69, 9.17) is 4.74 Å². The number of pyridine rings is 1. The van der Waals surface area contributed by atoms with Crippen molar-refractivity contribution in [3.8, 4) is 5.75 Å². The minimum Gasteiger partial charge on any atom is -0.490 e. The third-order valence-corrected chi connectivity index (χ3v) is 5.12. The Hall–Kier alpha value is -2.43. The SMILES string of the molecule is CN(Cc1cccc(OC2CCNCC2)c1)Cc1cccc2ncccc12. The molecule has 0 aliphatic carbocycles. The molecule has 1 aliphatic rings. The van der Waals surface area contributed by atoms with E-state index in [1.54, 1.807) is 0 Å². The quantitative estimate of drug-likeness (QED) is 0.720. The summed E-state index contributed by atoms with van der Waals surface area (Å²) in [6.45, 7) is 3.88. The van der Waals surface area contributed by atoms with E-state index in [1.165, 1.54) is 16.5 Å². The van der Waals surface area contributed by atoms with Crippen LogP contribution in [0.15, 0.2) is 60.8 Å². The summed E-state index contributed by atoms with van der Waals surface area (Å²) in [5.41, 5.74) is 3.65. The zero-order chi connectivity index (χ0) is 18.5. The van der Waals surface area contributed by atoms with E-state index in [-0.39, 0.29) is 0 Å². The second-order valence-corrected chi connectivity index (χ2v) is 7.37. The van der Waals surface area contributed by atoms with Crippen molar-refractivity contribution in [2.45, 2.75) is 32.0 Å². The number of nitrogens with zero attached hydrogens (tertiary/aromatic N) is 2. The molecule has 1 N–H and O–H groups in total. The van der Waals surface area contributed by atoms with Crippen LogP contribution in [0.4, 0.5) is 0 Å². The molecule has 0 spiro atoms. The van der Waals surface area contributed by atoms with Gasteiger partial charge in [0.25, 0.3) is 0 Å². The van der Waals surface area contributed by atoms with Crippen LogP contribution in [-0.2, 0) is 13.1 Å². The lowest BCUT2D eigenvalue weighted by molar-refractivity contribution is 0.162. The van der Waals surface area contributed by atoms with E-state index >= 15 is 0 Å². The Bertz CT molecular complexity index is 884. The summed E-state index contributed by atoms with van der Waals surface area (Å²) in [6.07, 6.45) is 4.35. The van der Waals surface area contributed by atoms with Crippen LogP contribution < -0.4 is 10.1 Å². The van der Waals surface area contributed by atoms with Crippen molar-refractivity contribution in [2.75, 3.05) is 20.1 Å². The lowest BCUT2D eigenvalue weighted by Crippen LogP contribution is -2.34. The topological polar surface area (TPSA) is 37.4 Å². The van der Waals surface area contributed by atoms with Gasteiger partial charge < -0.3 is 10.1 Å². The van der Waals surface area contributed by atoms with Crippen LogP contribution in [0.3, 0.4) is 0 Å². The molecule has 1 aromatic heterocycles. The molecular weight excluding hydrogens is 334 g/mol. The molecule has 2 aromatic carbocycles. The largest absolute Gasteiger partial charge is 0.490 e. The van der Waals surface area contributed by atoms with Crippen LogP contribution in [0, 0.1) is 0 Å². The Labute approximate surface area is 161 Å². The highest BCUT2D eigenvalue weighted by Crippen LogP contribution is 2.21. The van der Waals surface area contributed by atoms with E-state index in [9.17, 15) is 0 Å². The zero-order valence-electron chi connectivity index (χ0n) is 15.9. The van der Waals surface area contributed by atoms with Gasteiger partial charge in [0.1, 0.15) is 11.9 Å². The van der Waals surface area contributed by atoms with Crippen LogP contribution >= 0.6 is 0 Å². The van der Waals surface area contributed by atoms with E-state index in [1.807, 2.05) is 12.3 Å². The molecule has 1 fully saturated rings. The van der Waals surface area contributed by atoms with Gasteiger partial charge in [-0.3, -0.25) is 9.88 Å². The van der Waals surface area contributed by atoms with Gasteiger partial charge in [-0.2, -0.15) is 0 Å². The Balaban J connectivity index is 1.41. The molecule has 0 amide bonds. The summed E-state index contributed by atoms with van der Waals surface area (Å²) in [6, 6.07) is 19.0. The molecule has 1 aliphatic heterocycles. The van der Waals surface area contributed by atoms with Gasteiger partial charge in [0.05, 0.1) is 5.52 Å². The van der Waals surface area contributed by atoms with Gasteiger partial charge in [0, 0.05) is 24.7 Å². The molecule has 3 aromatic rings. The minimum atomic E-state index is 0.336. The fourth-order valence-electron chi connectivity index (χ4n) is 3.79. The predicted molar refractivity (Wildman–Crippen MR) is 110 cm³/mol. The number of nitrogens with one attached hydrogen (secondary N) is 1. The highest BCUT2D eigenvalue weighted by Gasteiger charge is 2.14. The molecule has 0 radical (unpaired) electrons. The molecule has 27 heavy (non-hydrogen) atoms. The Morgan fingerprint density at radius 1 is 1.04 bits per heavy atom. The summed E-state index contributed by atoms with van der Waals surface area (Å²) in [4.78, 5) is 6.80. The Morgan fingerprint density at radius 2 is 1.89 bits per heavy atom. The van der Waals surface area contributed by atoms with Gasteiger partial charge in [-0.05, 0) is 68.4 Å². The van der Waals surface area contributed by atoms with Crippen molar-refractivity contribution in [2.24, 2.45) is 0 Å². The van der Waals surface area contributed by atoms with Crippen LogP contribution in [0.5, 0.6) is 5.75 Å². The third kappa shape index (κ3) is 4.65. The number of aromatic nitrogens is 1. The van der Waals surface area contributed by atoms with Gasteiger partial charge >= 0.3 is 0 Å². The van der Waals surface area contributed by atoms with Crippen molar-refractivity contribution in [1.82, 2.24) is 15.2 Å². The van der Waals surface area contributed by atoms with Gasteiger partial charge in [-0.1, -0.05) is 30.3 Å². The number of benzene rings is 2. The molecule has 2 heterocycles. The summed E-state index contributed by atoms with van der Waals surface area (Å²) in [7, 11) is 2.16. The van der Waals surface area contributed by atoms with Gasteiger partial charge in [-0.15, -0.1) is 0 Å². The molecular formula is C23H27N3O. The van der Waals surface area contributed by atoms with Crippen LogP contribution in [0.2, 0.25) is 0 Å². The third-order valence-electron chi connectivity index (χ3n) is 5.12. The molecule has 4 rings (SSSR count). The number of piperidine rings is 1. The fraction of sp³-hybridized carbons (Fsp3) is 0.348. The number of hydrogen-bond acceptors (Lipinski definition) is 4. The van der Waals surface area contributed by atoms with Crippen molar-refractivity contribution < 1.29 is 4.74 Å². The first kappa shape index (κ1) is 18.0. The highest BCUT2D eigenvalue weighted by molar-refractivity contribution is 5.81. The van der Waals surface area contributed by atoms with E-state index in [0.29, 0.717) is 6.10 Å². The van der Waals surface area contributed by atoms with Gasteiger partial charge in [0.15, 0.2) is 0 Å². The average Bonchev–Trinajstić information content (AvgIpc) is 2.69. The first-order valence-corrected chi connectivity index (χ1v) is 9.75. The van der Waals surface area contributed by atoms with Crippen LogP contribution in [0.1, 0.15) is 24.0 Å². The van der Waals surface area contributed by atoms with Crippen LogP contribution in [0.25, 0.3) is 10.9 Å². The van der Waals surface area contributed by atoms with E-state index in [2.05, 4.69) is 70.8 Å². The van der Waals surface area contributed by atoms with Crippen molar-refractivity contribution in [3.05, 3.63) is 71.9 Å². The summed E-state index contributed by atoms with van der Waals surface area (Å²) >= 11 is 0. The molecule has 4 heteroatoms. The lowest BCUT2D eigenvalue weighted by atomic mass is 10.1. The highest BCUT2D eigenvalue weighted by atomic mass is 16.5. The fourth-order valence-corrected chi connectivity index (χ4v) is 3.79. The Morgan fingerprint density at radius 3 is 2.78 bits per heavy atom. The molecule has 1 saturated heterocycles. The van der Waals surface area contributed by atoms with E-state index < -0.39 is 0 Å². The lowest BCUT2D eigenvalue weighted by Gasteiger charge is -2.24. The number of hydrogen-bond donors (Lipinski definition) is 1. The zero-order valence-corrected chi connectivity index (χ0v) is 15.9. The summed E-state index contributed by atoms with van der Waals surface area (Å²) in [5.74, 6) is 0.988. The Kier molecular flexibility index (Phi) is 5.66. The van der Waals surface area contributed by atoms with Crippen molar-refractivity contribution in [3.63, 3.8) is 0 Å². The maximum Gasteiger partial charge on any atom is 0.120 e. The second-order valence-electron chi connectivity index (χ2n) is 7.37. The number of ether oxygens (including phenoxy) is 1. The number of rotatable bonds is 6. The predicted octanol–water partition coefficient (Wildman–Crippen LogP) is 4.00. The smallest absolute Gasteiger partial charge is 0.120 e. The average molecular weight is 361 g/mol. The normalized spacial score (nSPS) is 15.3. The molecule has 140 valence electrons. The van der Waals surface area contributed by atoms with Crippen molar-refractivity contribution >= 4 is 10.9 Å². The summed E-state index contributed by atoms with van der Waals surface area (Å²) < 4.78 is 6.19. The molecule has 4 nitrogen and oxygen atoms in total. The maximum absolute atomic E-state index is 6.19. The van der Waals surface area contributed by atoms with E-state index in [0.717, 1.165) is 50.3 Å². The second kappa shape index (κ2) is 8.51. The molecule has 0 saturated carbocycles. The van der Waals surface area contributed by atoms with Gasteiger partial charge in [-0.25, -0.2) is 0 Å². The van der Waals surface area contributed by atoms with Crippen molar-refractivity contribution in [1.29, 1.82) is 0 Å². The molecule has 0 bridgehead atoms. The standard InChI is InChI=1S/C23H27N3O/c1-26(17-19-6-3-9-23-22(19)8-4-12-25-23)16-18-5-2-7-21(15-18)27-20-10-13-24-14-11-20/h2-9,12,15,20,24H,10-11,13-14,16-17H2,1H3. The van der Waals surface area contributed by atoms with Crippen LogP contribution in [-0.4, -0.2) is 36.1 Å². The summed E-state index contributed by atoms with van der Waals surface area (Å²) in [5, 5.41) is 4.61.